The van der Waals surface area contributed by atoms with Gasteiger partial charge in [-0.25, -0.2) is 9.37 Å². The minimum absolute atomic E-state index is 0.0562. The first kappa shape index (κ1) is 17.4. The predicted octanol–water partition coefficient (Wildman–Crippen LogP) is 2.87. The number of hydrogen-bond donors (Lipinski definition) is 1. The van der Waals surface area contributed by atoms with Crippen molar-refractivity contribution < 1.29 is 14.3 Å². The number of benzene rings is 1. The first-order valence-corrected chi connectivity index (χ1v) is 8.31. The van der Waals surface area contributed by atoms with Gasteiger partial charge in [0.2, 0.25) is 0 Å². The summed E-state index contributed by atoms with van der Waals surface area (Å²) in [6.07, 6.45) is 2.18. The van der Waals surface area contributed by atoms with Crippen LogP contribution in [-0.4, -0.2) is 40.1 Å². The number of carbonyl (C=O) groups is 1. The van der Waals surface area contributed by atoms with Crippen molar-refractivity contribution in [3.05, 3.63) is 64.2 Å². The Labute approximate surface area is 150 Å². The molecule has 0 radical (unpaired) electrons. The molecular weight excluding hydrogens is 343 g/mol. The van der Waals surface area contributed by atoms with Gasteiger partial charge in [0.25, 0.3) is 5.91 Å². The van der Waals surface area contributed by atoms with Gasteiger partial charge in [0.05, 0.1) is 11.7 Å². The van der Waals surface area contributed by atoms with E-state index in [9.17, 15) is 14.3 Å². The van der Waals surface area contributed by atoms with Gasteiger partial charge in [0, 0.05) is 36.5 Å². The molecule has 2 aromatic rings. The number of rotatable bonds is 1. The van der Waals surface area contributed by atoms with Crippen LogP contribution in [0.15, 0.2) is 36.5 Å². The Balaban J connectivity index is 1.70. The van der Waals surface area contributed by atoms with Crippen molar-refractivity contribution in [1.29, 1.82) is 0 Å². The SMILES string of the molecule is O=C(c1ccc(C#Cc2cnc(Cl)cc2F)cc1)N1CCC(O)CC1. The topological polar surface area (TPSA) is 53.4 Å². The van der Waals surface area contributed by atoms with Crippen molar-refractivity contribution >= 4 is 17.5 Å². The number of halogens is 2. The summed E-state index contributed by atoms with van der Waals surface area (Å²) in [6, 6.07) is 7.96. The Hall–Kier alpha value is -2.42. The number of nitrogens with zero attached hydrogens (tertiary/aromatic N) is 2. The third-order valence-electron chi connectivity index (χ3n) is 4.05. The Bertz CT molecular complexity index is 835. The molecule has 128 valence electrons. The van der Waals surface area contributed by atoms with E-state index in [-0.39, 0.29) is 22.7 Å². The van der Waals surface area contributed by atoms with E-state index in [2.05, 4.69) is 16.8 Å². The molecule has 0 saturated carbocycles. The molecule has 25 heavy (non-hydrogen) atoms. The van der Waals surface area contributed by atoms with Crippen molar-refractivity contribution in [1.82, 2.24) is 9.88 Å². The highest BCUT2D eigenvalue weighted by Crippen LogP contribution is 2.15. The first-order chi connectivity index (χ1) is 12.0. The maximum Gasteiger partial charge on any atom is 0.253 e. The average molecular weight is 359 g/mol. The third kappa shape index (κ3) is 4.36. The maximum atomic E-state index is 13.7. The van der Waals surface area contributed by atoms with Crippen LogP contribution < -0.4 is 0 Å². The van der Waals surface area contributed by atoms with Crippen LogP contribution in [0.2, 0.25) is 5.15 Å². The van der Waals surface area contributed by atoms with E-state index >= 15 is 0 Å². The number of aromatic nitrogens is 1. The van der Waals surface area contributed by atoms with Gasteiger partial charge < -0.3 is 10.0 Å². The van der Waals surface area contributed by atoms with Gasteiger partial charge in [-0.3, -0.25) is 4.79 Å². The van der Waals surface area contributed by atoms with E-state index < -0.39 is 5.82 Å². The number of carbonyl (C=O) groups excluding carboxylic acids is 1. The second kappa shape index (κ2) is 7.64. The van der Waals surface area contributed by atoms with Crippen LogP contribution in [0.5, 0.6) is 0 Å². The molecule has 0 atom stereocenters. The summed E-state index contributed by atoms with van der Waals surface area (Å²) >= 11 is 5.60. The Morgan fingerprint density at radius 1 is 1.24 bits per heavy atom. The van der Waals surface area contributed by atoms with E-state index in [0.717, 1.165) is 6.07 Å². The first-order valence-electron chi connectivity index (χ1n) is 7.93. The molecule has 1 aromatic heterocycles. The zero-order chi connectivity index (χ0) is 17.8. The number of amides is 1. The fraction of sp³-hybridized carbons (Fsp3) is 0.263. The highest BCUT2D eigenvalue weighted by atomic mass is 35.5. The van der Waals surface area contributed by atoms with Crippen LogP contribution in [0.3, 0.4) is 0 Å². The standard InChI is InChI=1S/C19H16ClFN2O2/c20-18-11-17(21)15(12-22-18)6-3-13-1-4-14(5-2-13)19(25)23-9-7-16(24)8-10-23/h1-2,4-5,11-12,16,24H,7-10H2. The number of piperidine rings is 1. The highest BCUT2D eigenvalue weighted by Gasteiger charge is 2.22. The van der Waals surface area contributed by atoms with E-state index in [1.807, 2.05) is 0 Å². The summed E-state index contributed by atoms with van der Waals surface area (Å²) in [5.41, 5.74) is 1.40. The molecule has 4 nitrogen and oxygen atoms in total. The number of hydrogen-bond acceptors (Lipinski definition) is 3. The zero-order valence-electron chi connectivity index (χ0n) is 13.4. The highest BCUT2D eigenvalue weighted by molar-refractivity contribution is 6.29. The molecule has 1 amide bonds. The molecule has 6 heteroatoms. The van der Waals surface area contributed by atoms with Gasteiger partial charge in [0.1, 0.15) is 11.0 Å². The molecule has 2 heterocycles. The number of aliphatic hydroxyl groups is 1. The van der Waals surface area contributed by atoms with Crippen LogP contribution in [0.1, 0.15) is 34.3 Å². The van der Waals surface area contributed by atoms with Gasteiger partial charge in [0.15, 0.2) is 0 Å². The van der Waals surface area contributed by atoms with E-state index in [4.69, 9.17) is 11.6 Å². The second-order valence-corrected chi connectivity index (χ2v) is 6.22. The Kier molecular flexibility index (Phi) is 5.32. The molecule has 3 rings (SSSR count). The lowest BCUT2D eigenvalue weighted by Gasteiger charge is -2.29. The van der Waals surface area contributed by atoms with E-state index in [1.165, 1.54) is 6.20 Å². The molecule has 1 aromatic carbocycles. The number of pyridine rings is 1. The minimum Gasteiger partial charge on any atom is -0.393 e. The van der Waals surface area contributed by atoms with Gasteiger partial charge in [-0.05, 0) is 37.1 Å². The molecule has 0 spiro atoms. The lowest BCUT2D eigenvalue weighted by molar-refractivity contribution is 0.0546. The van der Waals surface area contributed by atoms with Gasteiger partial charge in [-0.1, -0.05) is 23.4 Å². The summed E-state index contributed by atoms with van der Waals surface area (Å²) in [5, 5.41) is 9.59. The summed E-state index contributed by atoms with van der Waals surface area (Å²) in [4.78, 5) is 18.0. The smallest absolute Gasteiger partial charge is 0.253 e. The lowest BCUT2D eigenvalue weighted by atomic mass is 10.1. The zero-order valence-corrected chi connectivity index (χ0v) is 14.1. The molecule has 0 bridgehead atoms. The fourth-order valence-electron chi connectivity index (χ4n) is 2.59. The summed E-state index contributed by atoms with van der Waals surface area (Å²) in [7, 11) is 0. The summed E-state index contributed by atoms with van der Waals surface area (Å²) in [5.74, 6) is 4.97. The largest absolute Gasteiger partial charge is 0.393 e. The van der Waals surface area contributed by atoms with Crippen LogP contribution in [0, 0.1) is 17.7 Å². The summed E-state index contributed by atoms with van der Waals surface area (Å²) in [6.45, 7) is 1.12. The van der Waals surface area contributed by atoms with Crippen LogP contribution in [0.25, 0.3) is 0 Å². The Morgan fingerprint density at radius 3 is 2.56 bits per heavy atom. The van der Waals surface area contributed by atoms with Gasteiger partial charge in [-0.2, -0.15) is 0 Å². The molecule has 0 unspecified atom stereocenters. The molecule has 1 saturated heterocycles. The van der Waals surface area contributed by atoms with Crippen molar-refractivity contribution in [3.8, 4) is 11.8 Å². The second-order valence-electron chi connectivity index (χ2n) is 5.84. The monoisotopic (exact) mass is 358 g/mol. The summed E-state index contributed by atoms with van der Waals surface area (Å²) < 4.78 is 13.7. The third-order valence-corrected chi connectivity index (χ3v) is 4.25. The molecule has 1 N–H and O–H groups in total. The average Bonchev–Trinajstić information content (AvgIpc) is 2.61. The fourth-order valence-corrected chi connectivity index (χ4v) is 2.73. The molecule has 0 aliphatic carbocycles. The van der Waals surface area contributed by atoms with Crippen LogP contribution >= 0.6 is 11.6 Å². The Morgan fingerprint density at radius 2 is 1.92 bits per heavy atom. The van der Waals surface area contributed by atoms with Gasteiger partial charge in [-0.15, -0.1) is 0 Å². The van der Waals surface area contributed by atoms with Crippen molar-refractivity contribution in [2.75, 3.05) is 13.1 Å². The van der Waals surface area contributed by atoms with E-state index in [1.54, 1.807) is 29.2 Å². The maximum absolute atomic E-state index is 13.7. The van der Waals surface area contributed by atoms with Crippen molar-refractivity contribution in [3.63, 3.8) is 0 Å². The van der Waals surface area contributed by atoms with Crippen LogP contribution in [-0.2, 0) is 0 Å². The van der Waals surface area contributed by atoms with Gasteiger partial charge >= 0.3 is 0 Å². The normalized spacial score (nSPS) is 14.8. The number of aliphatic hydroxyl groups excluding tert-OH is 1. The minimum atomic E-state index is -0.522. The number of likely N-dealkylation sites (tertiary alicyclic amines) is 1. The van der Waals surface area contributed by atoms with Crippen LogP contribution in [0.4, 0.5) is 4.39 Å². The van der Waals surface area contributed by atoms with Crippen molar-refractivity contribution in [2.24, 2.45) is 0 Å². The molecule has 1 fully saturated rings. The molecular formula is C19H16ClFN2O2. The van der Waals surface area contributed by atoms with Crippen molar-refractivity contribution in [2.45, 2.75) is 18.9 Å². The van der Waals surface area contributed by atoms with E-state index in [0.29, 0.717) is 37.1 Å². The quantitative estimate of drug-likeness (QED) is 0.630. The molecule has 1 aliphatic heterocycles. The predicted molar refractivity (Wildman–Crippen MR) is 92.8 cm³/mol. The lowest BCUT2D eigenvalue weighted by Crippen LogP contribution is -2.40. The molecule has 1 aliphatic rings.